The molecule has 178 valence electrons. The molecule has 2 rings (SSSR count). The molecule has 0 amide bonds. The number of ether oxygens (including phenoxy) is 1. The van der Waals surface area contributed by atoms with Crippen molar-refractivity contribution in [2.45, 2.75) is 105 Å². The summed E-state index contributed by atoms with van der Waals surface area (Å²) in [5.41, 5.74) is -1.62. The van der Waals surface area contributed by atoms with E-state index in [2.05, 4.69) is 20.8 Å². The maximum Gasteiger partial charge on any atom is 0.333 e. The largest absolute Gasteiger partial charge is 0.481 e. The average molecular weight is 439 g/mol. The Hall–Kier alpha value is -1.40. The summed E-state index contributed by atoms with van der Waals surface area (Å²) in [6, 6.07) is 0. The molecule has 6 nitrogen and oxygen atoms in total. The fourth-order valence-corrected chi connectivity index (χ4v) is 6.13. The Balaban J connectivity index is 2.37. The SMILES string of the molecule is C/C=C(/C)C(=O)O[C@H]1C[C@H]2[C@](C)(CC[C@@H](C)CC(=O)O)[C@@H](C)CC[C@]2(C)[C@](C)(O)[C@H]1O. The number of hydrogen-bond acceptors (Lipinski definition) is 5. The lowest BCUT2D eigenvalue weighted by Gasteiger charge is -2.65. The van der Waals surface area contributed by atoms with Crippen molar-refractivity contribution in [3.8, 4) is 0 Å². The zero-order valence-corrected chi connectivity index (χ0v) is 20.3. The van der Waals surface area contributed by atoms with Crippen LogP contribution in [0.4, 0.5) is 0 Å². The Labute approximate surface area is 187 Å². The number of esters is 1. The van der Waals surface area contributed by atoms with E-state index < -0.39 is 35.2 Å². The van der Waals surface area contributed by atoms with Crippen molar-refractivity contribution in [2.24, 2.45) is 28.6 Å². The number of carbonyl (C=O) groups is 2. The summed E-state index contributed by atoms with van der Waals surface area (Å²) in [6.45, 7) is 13.6. The molecule has 3 N–H and O–H groups in total. The number of aliphatic hydroxyl groups is 2. The molecule has 8 atom stereocenters. The highest BCUT2D eigenvalue weighted by molar-refractivity contribution is 5.87. The third kappa shape index (κ3) is 4.70. The van der Waals surface area contributed by atoms with Crippen LogP contribution in [-0.4, -0.2) is 45.1 Å². The van der Waals surface area contributed by atoms with E-state index in [1.54, 1.807) is 26.8 Å². The van der Waals surface area contributed by atoms with Gasteiger partial charge in [0.2, 0.25) is 0 Å². The number of carbonyl (C=O) groups excluding carboxylic acids is 1. The smallest absolute Gasteiger partial charge is 0.333 e. The minimum absolute atomic E-state index is 0.0305. The van der Waals surface area contributed by atoms with Crippen LogP contribution in [0.1, 0.15) is 87.0 Å². The van der Waals surface area contributed by atoms with Gasteiger partial charge >= 0.3 is 11.9 Å². The summed E-state index contributed by atoms with van der Waals surface area (Å²) < 4.78 is 5.70. The number of carboxylic acid groups (broad SMARTS) is 1. The van der Waals surface area contributed by atoms with Crippen molar-refractivity contribution in [2.75, 3.05) is 0 Å². The van der Waals surface area contributed by atoms with Gasteiger partial charge in [0.05, 0.1) is 5.60 Å². The van der Waals surface area contributed by atoms with Crippen LogP contribution in [0.3, 0.4) is 0 Å². The number of allylic oxidation sites excluding steroid dienone is 1. The summed E-state index contributed by atoms with van der Waals surface area (Å²) in [5, 5.41) is 31.7. The highest BCUT2D eigenvalue weighted by Gasteiger charge is 2.65. The van der Waals surface area contributed by atoms with Crippen LogP contribution < -0.4 is 0 Å². The van der Waals surface area contributed by atoms with Gasteiger partial charge in [-0.15, -0.1) is 0 Å². The van der Waals surface area contributed by atoms with Crippen molar-refractivity contribution >= 4 is 11.9 Å². The lowest BCUT2D eigenvalue weighted by molar-refractivity contribution is -0.267. The summed E-state index contributed by atoms with van der Waals surface area (Å²) in [7, 11) is 0. The molecule has 0 heterocycles. The van der Waals surface area contributed by atoms with Crippen LogP contribution in [0.5, 0.6) is 0 Å². The molecule has 0 aromatic heterocycles. The standard InChI is InChI=1S/C25H42O6/c1-8-16(3)22(29)31-18-14-19-23(5,11-9-15(2)13-20(26)27)17(4)10-12-24(19,6)25(7,30)21(18)28/h8,15,17-19,21,28,30H,9-14H2,1-7H3,(H,26,27)/b16-8-/t15-,17+,18+,19+,21+,23-,24+,25-/m1/s1. The molecule has 0 radical (unpaired) electrons. The van der Waals surface area contributed by atoms with Gasteiger partial charge in [-0.05, 0) is 76.0 Å². The molecule has 0 aromatic rings. The van der Waals surface area contributed by atoms with Crippen LogP contribution in [0.2, 0.25) is 0 Å². The van der Waals surface area contributed by atoms with Crippen LogP contribution in [0, 0.1) is 28.6 Å². The summed E-state index contributed by atoms with van der Waals surface area (Å²) in [6.07, 6.45) is 3.71. The normalized spacial score (nSPS) is 41.9. The number of fused-ring (bicyclic) bond motifs is 1. The monoisotopic (exact) mass is 438 g/mol. The maximum absolute atomic E-state index is 12.4. The fourth-order valence-electron chi connectivity index (χ4n) is 6.13. The predicted molar refractivity (Wildman–Crippen MR) is 119 cm³/mol. The molecule has 6 heteroatoms. The van der Waals surface area contributed by atoms with E-state index in [9.17, 15) is 19.8 Å². The first-order valence-corrected chi connectivity index (χ1v) is 11.7. The zero-order chi connectivity index (χ0) is 23.8. The topological polar surface area (TPSA) is 104 Å². The van der Waals surface area contributed by atoms with Gasteiger partial charge in [-0.1, -0.05) is 33.8 Å². The van der Waals surface area contributed by atoms with Crippen molar-refractivity contribution in [3.63, 3.8) is 0 Å². The van der Waals surface area contributed by atoms with Crippen LogP contribution in [0.25, 0.3) is 0 Å². The first-order chi connectivity index (χ1) is 14.2. The van der Waals surface area contributed by atoms with E-state index in [-0.39, 0.29) is 23.7 Å². The third-order valence-corrected chi connectivity index (χ3v) is 9.05. The van der Waals surface area contributed by atoms with Crippen molar-refractivity contribution in [1.29, 1.82) is 0 Å². The Morgan fingerprint density at radius 2 is 1.87 bits per heavy atom. The molecule has 31 heavy (non-hydrogen) atoms. The van der Waals surface area contributed by atoms with Gasteiger partial charge in [0.25, 0.3) is 0 Å². The molecular weight excluding hydrogens is 396 g/mol. The highest BCUT2D eigenvalue weighted by Crippen LogP contribution is 2.64. The second kappa shape index (κ2) is 9.22. The first kappa shape index (κ1) is 25.9. The molecule has 0 bridgehead atoms. The lowest BCUT2D eigenvalue weighted by atomic mass is 9.42. The Bertz CT molecular complexity index is 713. The summed E-state index contributed by atoms with van der Waals surface area (Å²) in [4.78, 5) is 23.6. The van der Waals surface area contributed by atoms with E-state index in [1.165, 1.54) is 0 Å². The summed E-state index contributed by atoms with van der Waals surface area (Å²) in [5.74, 6) is -0.777. The molecule has 0 aliphatic heterocycles. The Kier molecular flexibility index (Phi) is 7.69. The third-order valence-electron chi connectivity index (χ3n) is 9.05. The van der Waals surface area contributed by atoms with Gasteiger partial charge in [-0.3, -0.25) is 4.79 Å². The maximum atomic E-state index is 12.4. The predicted octanol–water partition coefficient (Wildman–Crippen LogP) is 4.33. The number of carboxylic acids is 1. The fraction of sp³-hybridized carbons (Fsp3) is 0.840. The van der Waals surface area contributed by atoms with Gasteiger partial charge in [0, 0.05) is 17.4 Å². The zero-order valence-electron chi connectivity index (χ0n) is 20.3. The van der Waals surface area contributed by atoms with E-state index in [0.29, 0.717) is 17.9 Å². The van der Waals surface area contributed by atoms with Crippen LogP contribution in [-0.2, 0) is 14.3 Å². The molecule has 2 fully saturated rings. The molecule has 0 unspecified atom stereocenters. The van der Waals surface area contributed by atoms with Gasteiger partial charge < -0.3 is 20.1 Å². The Morgan fingerprint density at radius 1 is 1.26 bits per heavy atom. The van der Waals surface area contributed by atoms with Gasteiger partial charge in [0.15, 0.2) is 0 Å². The summed E-state index contributed by atoms with van der Waals surface area (Å²) >= 11 is 0. The number of hydrogen-bond donors (Lipinski definition) is 3. The molecule has 2 aliphatic carbocycles. The van der Waals surface area contributed by atoms with E-state index >= 15 is 0 Å². The lowest BCUT2D eigenvalue weighted by Crippen LogP contribution is -2.69. The molecule has 0 spiro atoms. The number of aliphatic hydroxyl groups excluding tert-OH is 1. The van der Waals surface area contributed by atoms with Crippen molar-refractivity contribution in [3.05, 3.63) is 11.6 Å². The molecule has 0 aromatic carbocycles. The second-order valence-electron chi connectivity index (χ2n) is 10.9. The minimum atomic E-state index is -1.40. The quantitative estimate of drug-likeness (QED) is 0.404. The highest BCUT2D eigenvalue weighted by atomic mass is 16.6. The van der Waals surface area contributed by atoms with Crippen LogP contribution >= 0.6 is 0 Å². The number of rotatable bonds is 7. The van der Waals surface area contributed by atoms with Gasteiger partial charge in [-0.25, -0.2) is 4.79 Å². The van der Waals surface area contributed by atoms with E-state index in [4.69, 9.17) is 9.84 Å². The van der Waals surface area contributed by atoms with E-state index in [0.717, 1.165) is 25.7 Å². The van der Waals surface area contributed by atoms with E-state index in [1.807, 2.05) is 6.92 Å². The van der Waals surface area contributed by atoms with Crippen LogP contribution in [0.15, 0.2) is 11.6 Å². The average Bonchev–Trinajstić information content (AvgIpc) is 2.69. The molecule has 2 aliphatic rings. The van der Waals surface area contributed by atoms with Crippen molar-refractivity contribution < 1.29 is 29.6 Å². The molecular formula is C25H42O6. The number of aliphatic carboxylic acids is 1. The molecule has 0 saturated heterocycles. The first-order valence-electron chi connectivity index (χ1n) is 11.7. The Morgan fingerprint density at radius 3 is 2.42 bits per heavy atom. The van der Waals surface area contributed by atoms with Gasteiger partial charge in [0.1, 0.15) is 12.2 Å². The van der Waals surface area contributed by atoms with Gasteiger partial charge in [-0.2, -0.15) is 0 Å². The van der Waals surface area contributed by atoms with Crippen molar-refractivity contribution in [1.82, 2.24) is 0 Å². The second-order valence-corrected chi connectivity index (χ2v) is 10.9. The minimum Gasteiger partial charge on any atom is -0.481 e. The molecule has 2 saturated carbocycles.